The number of anilines is 3. The van der Waals surface area contributed by atoms with E-state index in [0.717, 1.165) is 44.6 Å². The Morgan fingerprint density at radius 1 is 0.315 bits per heavy atom. The van der Waals surface area contributed by atoms with Gasteiger partial charge in [-0.1, -0.05) is 146 Å². The molecule has 0 aliphatic heterocycles. The molecule has 0 atom stereocenters. The molecule has 0 fully saturated rings. The van der Waals surface area contributed by atoms with Gasteiger partial charge in [0.05, 0.1) is 5.69 Å². The first-order valence-electron chi connectivity index (χ1n) is 18.5. The average molecular weight is 688 g/mol. The minimum absolute atomic E-state index is 0.867. The minimum Gasteiger partial charge on any atom is -0.456 e. The van der Waals surface area contributed by atoms with Gasteiger partial charge in [-0.25, -0.2) is 0 Å². The lowest BCUT2D eigenvalue weighted by Crippen LogP contribution is -2.11. The second-order valence-corrected chi connectivity index (χ2v) is 14.1. The second kappa shape index (κ2) is 12.2. The van der Waals surface area contributed by atoms with E-state index in [1.54, 1.807) is 0 Å². The van der Waals surface area contributed by atoms with E-state index in [-0.39, 0.29) is 0 Å². The lowest BCUT2D eigenvalue weighted by molar-refractivity contribution is 0.669. The third-order valence-electron chi connectivity index (χ3n) is 11.0. The fourth-order valence-electron chi connectivity index (χ4n) is 8.45. The van der Waals surface area contributed by atoms with Gasteiger partial charge in [-0.05, 0) is 108 Å². The van der Waals surface area contributed by atoms with Crippen LogP contribution < -0.4 is 4.90 Å². The summed E-state index contributed by atoms with van der Waals surface area (Å²) in [6, 6.07) is 72.2. The van der Waals surface area contributed by atoms with Gasteiger partial charge in [-0.2, -0.15) is 0 Å². The van der Waals surface area contributed by atoms with Crippen molar-refractivity contribution in [3.8, 4) is 22.3 Å². The van der Waals surface area contributed by atoms with Crippen molar-refractivity contribution in [3.63, 3.8) is 0 Å². The van der Waals surface area contributed by atoms with Crippen LogP contribution in [-0.2, 0) is 0 Å². The van der Waals surface area contributed by atoms with Crippen molar-refractivity contribution in [2.45, 2.75) is 0 Å². The van der Waals surface area contributed by atoms with Gasteiger partial charge < -0.3 is 9.32 Å². The van der Waals surface area contributed by atoms with Gasteiger partial charge in [0.15, 0.2) is 0 Å². The molecular weight excluding hydrogens is 655 g/mol. The van der Waals surface area contributed by atoms with Crippen LogP contribution in [0.15, 0.2) is 205 Å². The molecule has 0 radical (unpaired) electrons. The molecule has 10 aromatic carbocycles. The van der Waals surface area contributed by atoms with E-state index in [0.29, 0.717) is 0 Å². The van der Waals surface area contributed by atoms with Crippen molar-refractivity contribution in [2.75, 3.05) is 4.90 Å². The lowest BCUT2D eigenvalue weighted by atomic mass is 9.90. The van der Waals surface area contributed by atoms with Gasteiger partial charge in [-0.3, -0.25) is 0 Å². The molecule has 0 saturated heterocycles. The highest BCUT2D eigenvalue weighted by Crippen LogP contribution is 2.44. The van der Waals surface area contributed by atoms with Crippen molar-refractivity contribution in [2.24, 2.45) is 0 Å². The van der Waals surface area contributed by atoms with Crippen LogP contribution in [0, 0.1) is 0 Å². The number of benzene rings is 10. The highest BCUT2D eigenvalue weighted by Gasteiger charge is 2.20. The third kappa shape index (κ3) is 4.88. The van der Waals surface area contributed by atoms with Crippen LogP contribution in [0.1, 0.15) is 0 Å². The molecular formula is C52H33NO. The van der Waals surface area contributed by atoms with E-state index >= 15 is 0 Å². The van der Waals surface area contributed by atoms with Crippen molar-refractivity contribution in [1.82, 2.24) is 0 Å². The highest BCUT2D eigenvalue weighted by atomic mass is 16.3. The van der Waals surface area contributed by atoms with E-state index in [1.807, 2.05) is 0 Å². The first kappa shape index (κ1) is 30.5. The number of para-hydroxylation sites is 1. The Bertz CT molecular complexity index is 3210. The monoisotopic (exact) mass is 687 g/mol. The topological polar surface area (TPSA) is 16.4 Å². The molecule has 0 unspecified atom stereocenters. The van der Waals surface area contributed by atoms with E-state index < -0.39 is 0 Å². The summed E-state index contributed by atoms with van der Waals surface area (Å²) in [5, 5.41) is 12.3. The highest BCUT2D eigenvalue weighted by molar-refractivity contribution is 6.23. The van der Waals surface area contributed by atoms with Gasteiger partial charge in [0.2, 0.25) is 0 Å². The summed E-state index contributed by atoms with van der Waals surface area (Å²) >= 11 is 0. The molecule has 0 N–H and O–H groups in total. The van der Waals surface area contributed by atoms with Crippen LogP contribution in [0.2, 0.25) is 0 Å². The maximum absolute atomic E-state index is 6.59. The molecule has 0 spiro atoms. The molecule has 0 saturated carbocycles. The molecule has 11 rings (SSSR count). The maximum Gasteiger partial charge on any atom is 0.137 e. The smallest absolute Gasteiger partial charge is 0.137 e. The fourth-order valence-corrected chi connectivity index (χ4v) is 8.45. The predicted molar refractivity (Wildman–Crippen MR) is 229 cm³/mol. The largest absolute Gasteiger partial charge is 0.456 e. The number of rotatable bonds is 5. The number of fused-ring (bicyclic) bond motifs is 9. The van der Waals surface area contributed by atoms with Crippen LogP contribution in [0.5, 0.6) is 0 Å². The Morgan fingerprint density at radius 2 is 0.926 bits per heavy atom. The molecule has 0 amide bonds. The molecule has 0 aliphatic rings. The van der Waals surface area contributed by atoms with Crippen LogP contribution in [0.3, 0.4) is 0 Å². The summed E-state index contributed by atoms with van der Waals surface area (Å²) in [5.41, 5.74) is 9.70. The van der Waals surface area contributed by atoms with Gasteiger partial charge in [0, 0.05) is 33.8 Å². The normalized spacial score (nSPS) is 11.7. The van der Waals surface area contributed by atoms with Crippen LogP contribution in [0.25, 0.3) is 87.3 Å². The standard InChI is InChI=1S/C52H33NO/c1-2-12-34(13-3-1)42-17-10-11-21-49(42)53(41-28-29-45-48-30-37-15-4-5-16-38(37)32-50(48)54-51(45)33-41)40-26-24-36(25-27-40)47-31-39-23-22-35-14-6-7-18-43(35)52(39)46-20-9-8-19-44(46)47/h1-33H. The van der Waals surface area contributed by atoms with Crippen molar-refractivity contribution in [1.29, 1.82) is 0 Å². The van der Waals surface area contributed by atoms with E-state index in [9.17, 15) is 0 Å². The van der Waals surface area contributed by atoms with E-state index in [4.69, 9.17) is 4.42 Å². The summed E-state index contributed by atoms with van der Waals surface area (Å²) < 4.78 is 6.59. The minimum atomic E-state index is 0.867. The molecule has 2 nitrogen and oxygen atoms in total. The molecule has 0 aliphatic carbocycles. The SMILES string of the molecule is c1ccc(-c2ccccc2N(c2ccc(-c3cc4ccc5ccccc5c4c4ccccc34)cc2)c2ccc3c(c2)oc2cc4ccccc4cc23)cc1. The van der Waals surface area contributed by atoms with Gasteiger partial charge >= 0.3 is 0 Å². The van der Waals surface area contributed by atoms with Crippen molar-refractivity contribution in [3.05, 3.63) is 200 Å². The number of hydrogen-bond donors (Lipinski definition) is 0. The first-order valence-corrected chi connectivity index (χ1v) is 18.5. The molecule has 1 heterocycles. The van der Waals surface area contributed by atoms with Crippen LogP contribution in [-0.4, -0.2) is 0 Å². The predicted octanol–water partition coefficient (Wildman–Crippen LogP) is 15.0. The summed E-state index contributed by atoms with van der Waals surface area (Å²) in [6.45, 7) is 0. The lowest BCUT2D eigenvalue weighted by Gasteiger charge is -2.28. The van der Waals surface area contributed by atoms with Crippen LogP contribution >= 0.6 is 0 Å². The van der Waals surface area contributed by atoms with E-state index in [2.05, 4.69) is 205 Å². The molecule has 0 bridgehead atoms. The zero-order valence-electron chi connectivity index (χ0n) is 29.4. The summed E-state index contributed by atoms with van der Waals surface area (Å²) in [7, 11) is 0. The van der Waals surface area contributed by atoms with Crippen LogP contribution in [0.4, 0.5) is 17.1 Å². The number of hydrogen-bond acceptors (Lipinski definition) is 2. The Kier molecular flexibility index (Phi) is 6.90. The zero-order chi connectivity index (χ0) is 35.6. The molecule has 11 aromatic rings. The third-order valence-corrected chi connectivity index (χ3v) is 11.0. The van der Waals surface area contributed by atoms with Crippen molar-refractivity contribution >= 4 is 82.1 Å². The zero-order valence-corrected chi connectivity index (χ0v) is 29.4. The Labute approximate surface area is 312 Å². The quantitative estimate of drug-likeness (QED) is 0.168. The molecule has 1 aromatic heterocycles. The summed E-state index contributed by atoms with van der Waals surface area (Å²) in [6.07, 6.45) is 0. The summed E-state index contributed by atoms with van der Waals surface area (Å²) in [4.78, 5) is 2.36. The Morgan fingerprint density at radius 3 is 1.76 bits per heavy atom. The summed E-state index contributed by atoms with van der Waals surface area (Å²) in [5.74, 6) is 0. The molecule has 54 heavy (non-hydrogen) atoms. The Balaban J connectivity index is 1.09. The van der Waals surface area contributed by atoms with Gasteiger partial charge in [0.25, 0.3) is 0 Å². The number of furan rings is 1. The van der Waals surface area contributed by atoms with Gasteiger partial charge in [0.1, 0.15) is 11.2 Å². The maximum atomic E-state index is 6.59. The Hall–Kier alpha value is -7.16. The fraction of sp³-hybridized carbons (Fsp3) is 0. The first-order chi connectivity index (χ1) is 26.8. The molecule has 2 heteroatoms. The average Bonchev–Trinajstić information content (AvgIpc) is 3.59. The van der Waals surface area contributed by atoms with Crippen molar-refractivity contribution < 1.29 is 4.42 Å². The van der Waals surface area contributed by atoms with E-state index in [1.165, 1.54) is 59.8 Å². The molecule has 252 valence electrons. The number of nitrogens with zero attached hydrogens (tertiary/aromatic N) is 1. The second-order valence-electron chi connectivity index (χ2n) is 14.1. The van der Waals surface area contributed by atoms with Gasteiger partial charge in [-0.15, -0.1) is 0 Å².